The average molecular weight is 523 g/mol. The van der Waals surface area contributed by atoms with Crippen molar-refractivity contribution in [1.29, 1.82) is 10.5 Å². The third-order valence-corrected chi connectivity index (χ3v) is 6.47. The van der Waals surface area contributed by atoms with E-state index in [1.54, 1.807) is 23.5 Å². The van der Waals surface area contributed by atoms with E-state index in [2.05, 4.69) is 10.2 Å². The summed E-state index contributed by atoms with van der Waals surface area (Å²) in [5.41, 5.74) is 0. The van der Waals surface area contributed by atoms with Gasteiger partial charge in [-0.15, -0.1) is 0 Å². The van der Waals surface area contributed by atoms with Gasteiger partial charge in [-0.2, -0.15) is 30.4 Å². The van der Waals surface area contributed by atoms with E-state index in [1.807, 2.05) is 12.1 Å². The van der Waals surface area contributed by atoms with Gasteiger partial charge in [-0.25, -0.2) is 16.8 Å². The Morgan fingerprint density at radius 2 is 1.09 bits per heavy atom. The smallest absolute Gasteiger partial charge is 0.253 e. The fourth-order valence-corrected chi connectivity index (χ4v) is 3.35. The third kappa shape index (κ3) is 10.1. The van der Waals surface area contributed by atoms with E-state index in [9.17, 15) is 16.8 Å². The molecular weight excluding hydrogens is 496 g/mol. The van der Waals surface area contributed by atoms with Gasteiger partial charge >= 0.3 is 0 Å². The van der Waals surface area contributed by atoms with Crippen LogP contribution in [0.3, 0.4) is 0 Å². The summed E-state index contributed by atoms with van der Waals surface area (Å²) in [6, 6.07) is 15.1. The Morgan fingerprint density at radius 1 is 0.771 bits per heavy atom. The molecular formula is C20H26N8O5S2. The molecule has 2 atom stereocenters. The SMILES string of the molecule is CC(C#N)CN=NCC(C)C#N.NNS(=O)(=O)c1ccc(Oc2ccc(S(=O)(=O)NN)cc2)cc1. The molecule has 188 valence electrons. The van der Waals surface area contributed by atoms with Crippen LogP contribution in [0.4, 0.5) is 0 Å². The molecule has 0 saturated carbocycles. The van der Waals surface area contributed by atoms with E-state index < -0.39 is 20.0 Å². The van der Waals surface area contributed by atoms with Crippen LogP contribution in [0.2, 0.25) is 0 Å². The molecule has 0 heterocycles. The number of sulfonamides is 2. The van der Waals surface area contributed by atoms with Crippen LogP contribution in [0.15, 0.2) is 68.6 Å². The minimum absolute atomic E-state index is 0.0113. The summed E-state index contributed by atoms with van der Waals surface area (Å²) in [6.07, 6.45) is 0. The second-order valence-electron chi connectivity index (χ2n) is 7.00. The van der Waals surface area contributed by atoms with E-state index >= 15 is 0 Å². The maximum atomic E-state index is 11.5. The third-order valence-electron chi connectivity index (χ3n) is 4.07. The molecule has 2 aromatic rings. The number of nitrogens with two attached hydrogens (primary N) is 2. The van der Waals surface area contributed by atoms with Crippen LogP contribution < -0.4 is 26.1 Å². The molecule has 0 saturated heterocycles. The first kappa shape index (κ1) is 29.6. The highest BCUT2D eigenvalue weighted by Crippen LogP contribution is 2.24. The lowest BCUT2D eigenvalue weighted by Crippen LogP contribution is -2.30. The highest BCUT2D eigenvalue weighted by atomic mass is 32.2. The predicted molar refractivity (Wildman–Crippen MR) is 126 cm³/mol. The molecule has 0 fully saturated rings. The van der Waals surface area contributed by atoms with E-state index in [1.165, 1.54) is 48.5 Å². The van der Waals surface area contributed by atoms with Crippen LogP contribution in [0.25, 0.3) is 0 Å². The van der Waals surface area contributed by atoms with Crippen LogP contribution in [0.1, 0.15) is 13.8 Å². The monoisotopic (exact) mass is 522 g/mol. The molecule has 0 aromatic heterocycles. The number of hydrogen-bond acceptors (Lipinski definition) is 11. The van der Waals surface area contributed by atoms with Gasteiger partial charge in [-0.05, 0) is 62.4 Å². The molecule has 2 unspecified atom stereocenters. The summed E-state index contributed by atoms with van der Waals surface area (Å²) in [7, 11) is -7.45. The average Bonchev–Trinajstić information content (AvgIpc) is 2.87. The molecule has 2 aromatic carbocycles. The maximum Gasteiger partial charge on any atom is 0.253 e. The standard InChI is InChI=1S/C12H14N4O5S2.C8H12N4/c13-15-22(17,18)11-5-1-9(2-6-11)21-10-3-7-12(8-4-10)23(19,20)16-14;1-7(3-9)5-11-12-6-8(2)4-10/h1-8,15-16H,13-14H2;7-8H,5-6H2,1-2H3. The normalized spacial score (nSPS) is 13.1. The number of azo groups is 1. The van der Waals surface area contributed by atoms with Crippen molar-refractivity contribution in [2.45, 2.75) is 23.6 Å². The highest BCUT2D eigenvalue weighted by molar-refractivity contribution is 7.89. The Morgan fingerprint density at radius 3 is 1.34 bits per heavy atom. The summed E-state index contributed by atoms with van der Waals surface area (Å²) in [5.74, 6) is 10.4. The molecule has 0 aliphatic rings. The molecule has 0 aliphatic carbocycles. The Hall–Kier alpha value is -3.44. The molecule has 35 heavy (non-hydrogen) atoms. The van der Waals surface area contributed by atoms with Crippen molar-refractivity contribution in [1.82, 2.24) is 9.66 Å². The summed E-state index contributed by atoms with van der Waals surface area (Å²) in [6.45, 7) is 4.42. The largest absolute Gasteiger partial charge is 0.457 e. The lowest BCUT2D eigenvalue weighted by atomic mass is 10.2. The van der Waals surface area contributed by atoms with E-state index in [-0.39, 0.29) is 21.6 Å². The molecule has 0 amide bonds. The first-order valence-corrected chi connectivity index (χ1v) is 12.9. The van der Waals surface area contributed by atoms with E-state index in [0.717, 1.165) is 0 Å². The fraction of sp³-hybridized carbons (Fsp3) is 0.300. The zero-order valence-corrected chi connectivity index (χ0v) is 20.6. The van der Waals surface area contributed by atoms with Crippen molar-refractivity contribution in [3.05, 3.63) is 48.5 Å². The van der Waals surface area contributed by atoms with Gasteiger partial charge in [0.05, 0.1) is 46.9 Å². The zero-order valence-electron chi connectivity index (χ0n) is 19.0. The molecule has 0 spiro atoms. The van der Waals surface area contributed by atoms with Gasteiger partial charge in [-0.3, -0.25) is 11.7 Å². The van der Waals surface area contributed by atoms with Crippen molar-refractivity contribution in [2.24, 2.45) is 33.7 Å². The van der Waals surface area contributed by atoms with Gasteiger partial charge in [0, 0.05) is 0 Å². The van der Waals surface area contributed by atoms with E-state index in [0.29, 0.717) is 24.6 Å². The number of nitrogens with one attached hydrogen (secondary N) is 2. The number of ether oxygens (including phenoxy) is 1. The molecule has 0 aliphatic heterocycles. The number of nitrogens with zero attached hydrogens (tertiary/aromatic N) is 4. The summed E-state index contributed by atoms with van der Waals surface area (Å²) in [4.78, 5) is 3.40. The minimum Gasteiger partial charge on any atom is -0.457 e. The predicted octanol–water partition coefficient (Wildman–Crippen LogP) is 1.54. The summed E-state index contributed by atoms with van der Waals surface area (Å²) >= 11 is 0. The first-order valence-electron chi connectivity index (χ1n) is 9.94. The van der Waals surface area contributed by atoms with Crippen molar-refractivity contribution >= 4 is 20.0 Å². The first-order chi connectivity index (χ1) is 16.5. The number of nitriles is 2. The van der Waals surface area contributed by atoms with Crippen molar-refractivity contribution < 1.29 is 21.6 Å². The lowest BCUT2D eigenvalue weighted by Gasteiger charge is -2.08. The Bertz CT molecular complexity index is 1170. The van der Waals surface area contributed by atoms with Gasteiger partial charge in [0.25, 0.3) is 20.0 Å². The van der Waals surface area contributed by atoms with Crippen LogP contribution >= 0.6 is 0 Å². The topological polar surface area (TPSA) is 226 Å². The molecule has 13 nitrogen and oxygen atoms in total. The van der Waals surface area contributed by atoms with Crippen molar-refractivity contribution in [2.75, 3.05) is 13.1 Å². The fourth-order valence-electron chi connectivity index (χ4n) is 2.09. The maximum absolute atomic E-state index is 11.5. The Kier molecular flexibility index (Phi) is 11.9. The molecule has 15 heteroatoms. The molecule has 0 bridgehead atoms. The lowest BCUT2D eigenvalue weighted by molar-refractivity contribution is 0.481. The Labute approximate surface area is 204 Å². The van der Waals surface area contributed by atoms with Gasteiger partial charge in [0.15, 0.2) is 0 Å². The number of rotatable bonds is 10. The van der Waals surface area contributed by atoms with Gasteiger partial charge < -0.3 is 4.74 Å². The zero-order chi connectivity index (χ0) is 26.5. The molecule has 2 rings (SSSR count). The molecule has 6 N–H and O–H groups in total. The van der Waals surface area contributed by atoms with Crippen LogP contribution in [-0.2, 0) is 20.0 Å². The van der Waals surface area contributed by atoms with Crippen molar-refractivity contribution in [3.63, 3.8) is 0 Å². The molecule has 0 radical (unpaired) electrons. The van der Waals surface area contributed by atoms with Gasteiger partial charge in [-0.1, -0.05) is 0 Å². The van der Waals surface area contributed by atoms with Crippen molar-refractivity contribution in [3.8, 4) is 23.6 Å². The summed E-state index contributed by atoms with van der Waals surface area (Å²) in [5, 5.41) is 24.3. The number of hydrazine groups is 2. The van der Waals surface area contributed by atoms with Crippen LogP contribution in [0.5, 0.6) is 11.5 Å². The van der Waals surface area contributed by atoms with Gasteiger partial charge in [0.1, 0.15) is 11.5 Å². The summed E-state index contributed by atoms with van der Waals surface area (Å²) < 4.78 is 51.4. The number of hydrogen-bond donors (Lipinski definition) is 4. The van der Waals surface area contributed by atoms with Crippen LogP contribution in [0, 0.1) is 34.5 Å². The quantitative estimate of drug-likeness (QED) is 0.201. The highest BCUT2D eigenvalue weighted by Gasteiger charge is 2.13. The van der Waals surface area contributed by atoms with E-state index in [4.69, 9.17) is 26.9 Å². The second-order valence-corrected chi connectivity index (χ2v) is 10.4. The van der Waals surface area contributed by atoms with Gasteiger partial charge in [0.2, 0.25) is 0 Å². The number of benzene rings is 2. The minimum atomic E-state index is -3.73. The Balaban J connectivity index is 0.000000434. The van der Waals surface area contributed by atoms with Crippen LogP contribution in [-0.4, -0.2) is 29.9 Å². The second kappa shape index (κ2) is 14.1.